The van der Waals surface area contributed by atoms with E-state index < -0.39 is 0 Å². The van der Waals surface area contributed by atoms with Crippen molar-refractivity contribution in [2.24, 2.45) is 5.92 Å². The van der Waals surface area contributed by atoms with E-state index in [4.69, 9.17) is 4.74 Å². The van der Waals surface area contributed by atoms with Crippen LogP contribution in [0.2, 0.25) is 0 Å². The molecule has 24 heavy (non-hydrogen) atoms. The van der Waals surface area contributed by atoms with Crippen molar-refractivity contribution >= 4 is 5.91 Å². The van der Waals surface area contributed by atoms with Crippen molar-refractivity contribution in [3.05, 3.63) is 60.2 Å². The van der Waals surface area contributed by atoms with Crippen molar-refractivity contribution in [1.29, 1.82) is 0 Å². The van der Waals surface area contributed by atoms with Crippen molar-refractivity contribution < 1.29 is 13.9 Å². The third-order valence-electron chi connectivity index (χ3n) is 4.29. The lowest BCUT2D eigenvalue weighted by Crippen LogP contribution is -2.42. The zero-order valence-corrected chi connectivity index (χ0v) is 13.5. The van der Waals surface area contributed by atoms with Gasteiger partial charge in [-0.1, -0.05) is 6.07 Å². The molecule has 1 aliphatic rings. The summed E-state index contributed by atoms with van der Waals surface area (Å²) >= 11 is 0. The quantitative estimate of drug-likeness (QED) is 0.847. The number of nitrogens with zero attached hydrogens (tertiary/aromatic N) is 2. The lowest BCUT2D eigenvalue weighted by atomic mass is 9.92. The standard InChI is InChI=1S/C19H21FN2O2/c20-17-5-7-18(8-6-17)24-14-19(23)22-10-2-4-16(13-22)11-15-3-1-9-21-12-15/h1,3,5-9,12,16H,2,4,10-11,13-14H2/t16-/m1/s1. The van der Waals surface area contributed by atoms with E-state index in [2.05, 4.69) is 11.1 Å². The molecule has 1 amide bonds. The van der Waals surface area contributed by atoms with Gasteiger partial charge in [0.25, 0.3) is 5.91 Å². The van der Waals surface area contributed by atoms with E-state index in [1.165, 1.54) is 29.8 Å². The third kappa shape index (κ3) is 4.54. The maximum absolute atomic E-state index is 12.9. The molecule has 2 aromatic rings. The van der Waals surface area contributed by atoms with E-state index in [1.54, 1.807) is 6.20 Å². The summed E-state index contributed by atoms with van der Waals surface area (Å²) in [7, 11) is 0. The highest BCUT2D eigenvalue weighted by atomic mass is 19.1. The molecule has 126 valence electrons. The minimum Gasteiger partial charge on any atom is -0.484 e. The Hall–Kier alpha value is -2.43. The molecule has 0 spiro atoms. The van der Waals surface area contributed by atoms with E-state index in [1.807, 2.05) is 17.2 Å². The van der Waals surface area contributed by atoms with Crippen LogP contribution < -0.4 is 4.74 Å². The summed E-state index contributed by atoms with van der Waals surface area (Å²) in [6.45, 7) is 1.51. The smallest absolute Gasteiger partial charge is 0.260 e. The summed E-state index contributed by atoms with van der Waals surface area (Å²) in [4.78, 5) is 18.4. The fraction of sp³-hybridized carbons (Fsp3) is 0.368. The van der Waals surface area contributed by atoms with E-state index in [0.29, 0.717) is 11.7 Å². The molecule has 0 radical (unpaired) electrons. The first-order valence-corrected chi connectivity index (χ1v) is 8.26. The minimum absolute atomic E-state index is 0.00869. The molecule has 1 atom stereocenters. The summed E-state index contributed by atoms with van der Waals surface area (Å²) in [5, 5.41) is 0. The summed E-state index contributed by atoms with van der Waals surface area (Å²) in [5.74, 6) is 0.629. The highest BCUT2D eigenvalue weighted by Crippen LogP contribution is 2.21. The highest BCUT2D eigenvalue weighted by molar-refractivity contribution is 5.77. The van der Waals surface area contributed by atoms with Crippen molar-refractivity contribution in [1.82, 2.24) is 9.88 Å². The van der Waals surface area contributed by atoms with Gasteiger partial charge in [-0.3, -0.25) is 9.78 Å². The van der Waals surface area contributed by atoms with Gasteiger partial charge in [0, 0.05) is 25.5 Å². The van der Waals surface area contributed by atoms with E-state index in [0.717, 1.165) is 32.4 Å². The Morgan fingerprint density at radius 1 is 1.29 bits per heavy atom. The van der Waals surface area contributed by atoms with E-state index in [-0.39, 0.29) is 18.3 Å². The Balaban J connectivity index is 1.50. The number of hydrogen-bond donors (Lipinski definition) is 0. The average molecular weight is 328 g/mol. The van der Waals surface area contributed by atoms with E-state index >= 15 is 0 Å². The predicted octanol–water partition coefficient (Wildman–Crippen LogP) is 3.08. The van der Waals surface area contributed by atoms with Crippen molar-refractivity contribution in [3.8, 4) is 5.75 Å². The second-order valence-corrected chi connectivity index (χ2v) is 6.16. The number of amides is 1. The lowest BCUT2D eigenvalue weighted by molar-refractivity contribution is -0.135. The second-order valence-electron chi connectivity index (χ2n) is 6.16. The maximum atomic E-state index is 12.9. The molecule has 1 aromatic heterocycles. The summed E-state index contributed by atoms with van der Waals surface area (Å²) < 4.78 is 18.3. The molecule has 5 heteroatoms. The van der Waals surface area contributed by atoms with E-state index in [9.17, 15) is 9.18 Å². The van der Waals surface area contributed by atoms with Crippen LogP contribution in [-0.2, 0) is 11.2 Å². The van der Waals surface area contributed by atoms with Crippen LogP contribution >= 0.6 is 0 Å². The number of hydrogen-bond acceptors (Lipinski definition) is 3. The van der Waals surface area contributed by atoms with Crippen LogP contribution in [0.4, 0.5) is 4.39 Å². The first kappa shape index (κ1) is 16.4. The first-order valence-electron chi connectivity index (χ1n) is 8.26. The van der Waals surface area contributed by atoms with Gasteiger partial charge in [-0.25, -0.2) is 4.39 Å². The minimum atomic E-state index is -0.317. The number of carbonyl (C=O) groups is 1. The Morgan fingerprint density at radius 3 is 2.88 bits per heavy atom. The largest absolute Gasteiger partial charge is 0.484 e. The molecular formula is C19H21FN2O2. The predicted molar refractivity (Wildman–Crippen MR) is 89.1 cm³/mol. The van der Waals surface area contributed by atoms with Gasteiger partial charge in [0.15, 0.2) is 6.61 Å². The van der Waals surface area contributed by atoms with Crippen LogP contribution in [0.5, 0.6) is 5.75 Å². The van der Waals surface area contributed by atoms with Crippen molar-refractivity contribution in [3.63, 3.8) is 0 Å². The third-order valence-corrected chi connectivity index (χ3v) is 4.29. The van der Waals surface area contributed by atoms with Crippen LogP contribution in [-0.4, -0.2) is 35.5 Å². The fourth-order valence-corrected chi connectivity index (χ4v) is 3.08. The average Bonchev–Trinajstić information content (AvgIpc) is 2.62. The Labute approximate surface area is 141 Å². The number of benzene rings is 1. The molecule has 2 heterocycles. The zero-order valence-electron chi connectivity index (χ0n) is 13.5. The first-order chi connectivity index (χ1) is 11.7. The molecule has 0 saturated carbocycles. The SMILES string of the molecule is O=C(COc1ccc(F)cc1)N1CCC[C@H](Cc2cccnc2)C1. The lowest BCUT2D eigenvalue weighted by Gasteiger charge is -2.32. The molecule has 4 nitrogen and oxygen atoms in total. The summed E-state index contributed by atoms with van der Waals surface area (Å²) in [6.07, 6.45) is 6.73. The van der Waals surface area contributed by atoms with Gasteiger partial charge in [-0.05, 0) is 61.1 Å². The van der Waals surface area contributed by atoms with Crippen LogP contribution in [0, 0.1) is 11.7 Å². The normalized spacial score (nSPS) is 17.5. The molecule has 0 aliphatic carbocycles. The summed E-state index contributed by atoms with van der Waals surface area (Å²) in [6, 6.07) is 9.73. The molecule has 0 N–H and O–H groups in total. The highest BCUT2D eigenvalue weighted by Gasteiger charge is 2.24. The Morgan fingerprint density at radius 2 is 2.12 bits per heavy atom. The van der Waals surface area contributed by atoms with Crippen molar-refractivity contribution in [2.45, 2.75) is 19.3 Å². The number of rotatable bonds is 5. The van der Waals surface area contributed by atoms with Gasteiger partial charge < -0.3 is 9.64 Å². The van der Waals surface area contributed by atoms with Crippen LogP contribution in [0.3, 0.4) is 0 Å². The molecule has 1 aromatic carbocycles. The van der Waals surface area contributed by atoms with Crippen LogP contribution in [0.1, 0.15) is 18.4 Å². The molecule has 0 bridgehead atoms. The zero-order chi connectivity index (χ0) is 16.8. The molecule has 0 unspecified atom stereocenters. The topological polar surface area (TPSA) is 42.4 Å². The van der Waals surface area contributed by atoms with Gasteiger partial charge >= 0.3 is 0 Å². The Bertz CT molecular complexity index is 661. The molecule has 3 rings (SSSR count). The number of likely N-dealkylation sites (tertiary alicyclic amines) is 1. The molecular weight excluding hydrogens is 307 g/mol. The van der Waals surface area contributed by atoms with Crippen LogP contribution in [0.15, 0.2) is 48.8 Å². The molecule has 1 fully saturated rings. The monoisotopic (exact) mass is 328 g/mol. The number of carbonyl (C=O) groups excluding carboxylic acids is 1. The maximum Gasteiger partial charge on any atom is 0.260 e. The number of ether oxygens (including phenoxy) is 1. The number of halogens is 1. The number of aromatic nitrogens is 1. The van der Waals surface area contributed by atoms with Crippen LogP contribution in [0.25, 0.3) is 0 Å². The summed E-state index contributed by atoms with van der Waals surface area (Å²) in [5.41, 5.74) is 1.21. The number of piperidine rings is 1. The van der Waals surface area contributed by atoms with Gasteiger partial charge in [0.1, 0.15) is 11.6 Å². The molecule has 1 aliphatic heterocycles. The molecule has 1 saturated heterocycles. The van der Waals surface area contributed by atoms with Gasteiger partial charge in [-0.2, -0.15) is 0 Å². The van der Waals surface area contributed by atoms with Crippen molar-refractivity contribution in [2.75, 3.05) is 19.7 Å². The van der Waals surface area contributed by atoms with Gasteiger partial charge in [0.2, 0.25) is 0 Å². The van der Waals surface area contributed by atoms with Gasteiger partial charge in [-0.15, -0.1) is 0 Å². The Kier molecular flexibility index (Phi) is 5.41. The fourth-order valence-electron chi connectivity index (χ4n) is 3.08. The van der Waals surface area contributed by atoms with Gasteiger partial charge in [0.05, 0.1) is 0 Å². The number of pyridine rings is 1. The second kappa shape index (κ2) is 7.90.